The van der Waals surface area contributed by atoms with Crippen LogP contribution in [-0.4, -0.2) is 29.6 Å². The molecule has 0 aliphatic heterocycles. The van der Waals surface area contributed by atoms with Crippen LogP contribution in [0.3, 0.4) is 0 Å². The smallest absolute Gasteiger partial charge is 0.312 e. The average Bonchev–Trinajstić information content (AvgIpc) is 2.44. The maximum absolute atomic E-state index is 11.9. The summed E-state index contributed by atoms with van der Waals surface area (Å²) in [5.74, 6) is -0.640. The van der Waals surface area contributed by atoms with Crippen molar-refractivity contribution in [3.05, 3.63) is 29.8 Å². The van der Waals surface area contributed by atoms with Gasteiger partial charge < -0.3 is 27.2 Å². The normalized spacial score (nSPS) is 14.0. The third kappa shape index (κ3) is 5.68. The van der Waals surface area contributed by atoms with E-state index in [1.165, 1.54) is 0 Å². The van der Waals surface area contributed by atoms with Crippen molar-refractivity contribution in [1.29, 1.82) is 0 Å². The van der Waals surface area contributed by atoms with Gasteiger partial charge in [0.15, 0.2) is 0 Å². The molecule has 1 rings (SSSR count). The molecule has 0 aliphatic carbocycles. The first kappa shape index (κ1) is 14.3. The van der Waals surface area contributed by atoms with E-state index in [-0.39, 0.29) is 19.6 Å². The lowest BCUT2D eigenvalue weighted by Crippen LogP contribution is -2.37. The first-order chi connectivity index (χ1) is 9.85. The Bertz CT molecular complexity index is 491. The molecule has 0 unspecified atom stereocenters. The van der Waals surface area contributed by atoms with E-state index in [0.29, 0.717) is 12.1 Å². The minimum absolute atomic E-state index is 0.0772. The number of primary amides is 1. The number of amides is 3. The molecular formula is C13H20N4O3. The molecule has 1 aromatic carbocycles. The van der Waals surface area contributed by atoms with Gasteiger partial charge in [-0.05, 0) is 30.5 Å². The van der Waals surface area contributed by atoms with Gasteiger partial charge in [-0.1, -0.05) is 12.1 Å². The summed E-state index contributed by atoms with van der Waals surface area (Å²) < 4.78 is 7.83. The van der Waals surface area contributed by atoms with E-state index in [2.05, 4.69) is 10.6 Å². The molecule has 0 aliphatic rings. The molecule has 0 heterocycles. The van der Waals surface area contributed by atoms with Crippen molar-refractivity contribution >= 4 is 17.6 Å². The molecular weight excluding hydrogens is 260 g/mol. The minimum Gasteiger partial charge on any atom is -0.392 e. The molecule has 0 radical (unpaired) electrons. The van der Waals surface area contributed by atoms with E-state index in [1.54, 1.807) is 24.3 Å². The molecule has 0 spiro atoms. The average molecular weight is 281 g/mol. The van der Waals surface area contributed by atoms with Crippen LogP contribution >= 0.6 is 0 Å². The Morgan fingerprint density at radius 3 is 2.55 bits per heavy atom. The van der Waals surface area contributed by atoms with Crippen LogP contribution in [0, 0.1) is 0 Å². The molecule has 0 aromatic heterocycles. The Kier molecular flexibility index (Phi) is 5.81. The number of anilines is 1. The zero-order valence-electron chi connectivity index (χ0n) is 12.1. The number of nitrogens with one attached hydrogen (secondary N) is 2. The zero-order chi connectivity index (χ0) is 15.9. The predicted molar refractivity (Wildman–Crippen MR) is 75.8 cm³/mol. The van der Waals surface area contributed by atoms with Gasteiger partial charge in [0.1, 0.15) is 0 Å². The van der Waals surface area contributed by atoms with Crippen molar-refractivity contribution in [2.75, 3.05) is 11.9 Å². The Balaban J connectivity index is 2.49. The Morgan fingerprint density at radius 2 is 2.00 bits per heavy atom. The Morgan fingerprint density at radius 1 is 1.35 bits per heavy atom. The molecule has 1 atom stereocenters. The number of aliphatic hydroxyl groups is 1. The number of nitrogens with two attached hydrogens (primary N) is 2. The largest absolute Gasteiger partial charge is 0.392 e. The highest BCUT2D eigenvalue weighted by Gasteiger charge is 2.13. The van der Waals surface area contributed by atoms with Crippen LogP contribution in [0.15, 0.2) is 24.3 Å². The van der Waals surface area contributed by atoms with E-state index >= 15 is 0 Å². The maximum Gasteiger partial charge on any atom is 0.312 e. The highest BCUT2D eigenvalue weighted by molar-refractivity contribution is 5.94. The first-order valence-corrected chi connectivity index (χ1v) is 6.18. The van der Waals surface area contributed by atoms with Crippen molar-refractivity contribution in [2.24, 2.45) is 11.5 Å². The highest BCUT2D eigenvalue weighted by Crippen LogP contribution is 2.10. The second-order valence-electron chi connectivity index (χ2n) is 4.23. The highest BCUT2D eigenvalue weighted by atomic mass is 16.3. The van der Waals surface area contributed by atoms with Crippen LogP contribution in [0.1, 0.15) is 19.8 Å². The molecule has 20 heavy (non-hydrogen) atoms. The number of hydrogen-bond acceptors (Lipinski definition) is 4. The van der Waals surface area contributed by atoms with Gasteiger partial charge in [-0.25, -0.2) is 4.79 Å². The quantitative estimate of drug-likeness (QED) is 0.446. The molecule has 0 saturated carbocycles. The third-order valence-corrected chi connectivity index (χ3v) is 2.61. The van der Waals surface area contributed by atoms with E-state index in [1.807, 2.05) is 0 Å². The van der Waals surface area contributed by atoms with Gasteiger partial charge >= 0.3 is 6.03 Å². The fraction of sp³-hybridized carbons (Fsp3) is 0.385. The summed E-state index contributed by atoms with van der Waals surface area (Å²) in [7, 11) is 0. The lowest BCUT2D eigenvalue weighted by molar-refractivity contribution is -0.117. The summed E-state index contributed by atoms with van der Waals surface area (Å²) in [5, 5.41) is 13.8. The van der Waals surface area contributed by atoms with E-state index in [0.717, 1.165) is 5.56 Å². The zero-order valence-corrected chi connectivity index (χ0v) is 11.1. The van der Waals surface area contributed by atoms with Crippen LogP contribution in [0.4, 0.5) is 10.5 Å². The van der Waals surface area contributed by atoms with Crippen LogP contribution < -0.4 is 22.1 Å². The molecule has 0 fully saturated rings. The second kappa shape index (κ2) is 8.13. The number of carbonyl (C=O) groups is 2. The van der Waals surface area contributed by atoms with Gasteiger partial charge in [-0.15, -0.1) is 0 Å². The predicted octanol–water partition coefficient (Wildman–Crippen LogP) is -0.107. The Labute approximate surface area is 118 Å². The van der Waals surface area contributed by atoms with Crippen LogP contribution in [0.25, 0.3) is 0 Å². The number of benzene rings is 1. The van der Waals surface area contributed by atoms with Gasteiger partial charge in [-0.2, -0.15) is 0 Å². The van der Waals surface area contributed by atoms with Gasteiger partial charge in [0.05, 0.1) is 14.0 Å². The summed E-state index contributed by atoms with van der Waals surface area (Å²) in [6.45, 7) is 0.173. The molecule has 110 valence electrons. The molecule has 0 saturated heterocycles. The van der Waals surface area contributed by atoms with Crippen LogP contribution in [0.2, 0.25) is 0 Å². The van der Waals surface area contributed by atoms with E-state index in [9.17, 15) is 9.59 Å². The van der Waals surface area contributed by atoms with Gasteiger partial charge in [0, 0.05) is 12.2 Å². The number of rotatable bonds is 7. The summed E-state index contributed by atoms with van der Waals surface area (Å²) in [4.78, 5) is 22.4. The number of urea groups is 1. The van der Waals surface area contributed by atoms with Crippen molar-refractivity contribution in [1.82, 2.24) is 5.32 Å². The Hall–Kier alpha value is -2.12. The lowest BCUT2D eigenvalue weighted by Gasteiger charge is -2.12. The second-order valence-corrected chi connectivity index (χ2v) is 4.23. The van der Waals surface area contributed by atoms with Crippen molar-refractivity contribution in [2.45, 2.75) is 25.5 Å². The van der Waals surface area contributed by atoms with E-state index in [4.69, 9.17) is 17.9 Å². The van der Waals surface area contributed by atoms with Crippen molar-refractivity contribution in [3.63, 3.8) is 0 Å². The van der Waals surface area contributed by atoms with Crippen molar-refractivity contribution in [3.8, 4) is 0 Å². The van der Waals surface area contributed by atoms with Crippen LogP contribution in [-0.2, 0) is 11.4 Å². The van der Waals surface area contributed by atoms with Crippen molar-refractivity contribution < 1.29 is 16.1 Å². The summed E-state index contributed by atoms with van der Waals surface area (Å²) in [6.07, 6.45) is 0.438. The lowest BCUT2D eigenvalue weighted by atomic mass is 10.1. The van der Waals surface area contributed by atoms with Gasteiger partial charge in [-0.3, -0.25) is 4.79 Å². The summed E-state index contributed by atoms with van der Waals surface area (Å²) in [5.41, 5.74) is 11.8. The van der Waals surface area contributed by atoms with Gasteiger partial charge in [0.25, 0.3) is 0 Å². The number of carbonyl (C=O) groups excluding carboxylic acids is 2. The third-order valence-electron chi connectivity index (χ3n) is 2.61. The van der Waals surface area contributed by atoms with Crippen LogP contribution in [0.5, 0.6) is 0 Å². The molecule has 7 heteroatoms. The number of aliphatic hydroxyl groups excluding tert-OH is 1. The topological polar surface area (TPSA) is 130 Å². The minimum atomic E-state index is -1.80. The summed E-state index contributed by atoms with van der Waals surface area (Å²) in [6, 6.07) is 4.11. The fourth-order valence-electron chi connectivity index (χ4n) is 1.51. The van der Waals surface area contributed by atoms with E-state index < -0.39 is 18.0 Å². The first-order valence-electron chi connectivity index (χ1n) is 6.68. The monoisotopic (exact) mass is 281 g/mol. The maximum atomic E-state index is 11.9. The molecule has 3 amide bonds. The molecule has 1 aromatic rings. The molecule has 7 nitrogen and oxygen atoms in total. The fourth-order valence-corrected chi connectivity index (χ4v) is 1.51. The standard InChI is InChI=1S/C13H20N4O3/c14-11(2-1-7-16-13(15)20)12(19)17-10-5-3-9(8-18)4-6-10/h3-6,11,18H,1-2,7-8,14H2,(H,17,19)(H3,15,16,20)/t11-/m0/s1/i11D. The molecule has 7 N–H and O–H groups in total. The summed E-state index contributed by atoms with van der Waals surface area (Å²) >= 11 is 0. The number of hydrogen-bond donors (Lipinski definition) is 5. The SMILES string of the molecule is [2H][C@](N)(CCCNC(N)=O)C(=O)Nc1ccc(CO)cc1. The molecule has 0 bridgehead atoms. The van der Waals surface area contributed by atoms with Gasteiger partial charge in [0.2, 0.25) is 5.91 Å².